The van der Waals surface area contributed by atoms with Crippen LogP contribution in [0.5, 0.6) is 0 Å². The summed E-state index contributed by atoms with van der Waals surface area (Å²) in [4.78, 5) is 30.8. The molecule has 0 radical (unpaired) electrons. The molecule has 0 atom stereocenters. The lowest BCUT2D eigenvalue weighted by atomic mass is 10.2. The highest BCUT2D eigenvalue weighted by molar-refractivity contribution is 5.98. The predicted molar refractivity (Wildman–Crippen MR) is 123 cm³/mol. The number of nitrogens with two attached hydrogens (primary N) is 1. The van der Waals surface area contributed by atoms with Crippen LogP contribution >= 0.6 is 0 Å². The molecule has 1 aromatic heterocycles. The molecule has 1 aliphatic heterocycles. The largest absolute Gasteiger partial charge is 0.369 e. The lowest BCUT2D eigenvalue weighted by molar-refractivity contribution is -0.385. The predicted octanol–water partition coefficient (Wildman–Crippen LogP) is 3.15. The first-order valence-corrected chi connectivity index (χ1v) is 10.3. The lowest BCUT2D eigenvalue weighted by Gasteiger charge is -2.36. The average Bonchev–Trinajstić information content (AvgIpc) is 2.81. The standard InChI is InChI=1S/C23H24N6O3/c24-22(30)21-14-20(29(31)32)15-25-23(21)26-18-6-8-19(9-7-18)28-12-10-27(11-13-28)16-17-4-2-1-3-5-17/h1-9,14-15H,10-13,16H2,(H2,24,30)(H,25,26). The van der Waals surface area contributed by atoms with Crippen molar-refractivity contribution < 1.29 is 9.72 Å². The Morgan fingerprint density at radius 2 is 1.75 bits per heavy atom. The number of nitrogens with one attached hydrogen (secondary N) is 1. The van der Waals surface area contributed by atoms with E-state index in [1.54, 1.807) is 0 Å². The fraction of sp³-hybridized carbons (Fsp3) is 0.217. The Kier molecular flexibility index (Phi) is 6.27. The minimum Gasteiger partial charge on any atom is -0.369 e. The van der Waals surface area contributed by atoms with E-state index in [2.05, 4.69) is 44.4 Å². The molecule has 0 spiro atoms. The SMILES string of the molecule is NC(=O)c1cc([N+](=O)[O-])cnc1Nc1ccc(N2CCN(Cc3ccccc3)CC2)cc1. The Labute approximate surface area is 185 Å². The van der Waals surface area contributed by atoms with Crippen LogP contribution in [0.2, 0.25) is 0 Å². The Morgan fingerprint density at radius 1 is 1.06 bits per heavy atom. The summed E-state index contributed by atoms with van der Waals surface area (Å²) >= 11 is 0. The number of rotatable bonds is 7. The zero-order chi connectivity index (χ0) is 22.5. The molecule has 164 valence electrons. The number of aromatic nitrogens is 1. The summed E-state index contributed by atoms with van der Waals surface area (Å²) < 4.78 is 0. The number of anilines is 3. The van der Waals surface area contributed by atoms with Crippen molar-refractivity contribution in [1.29, 1.82) is 0 Å². The van der Waals surface area contributed by atoms with Crippen molar-refractivity contribution in [3.05, 3.63) is 88.1 Å². The maximum absolute atomic E-state index is 11.7. The van der Waals surface area contributed by atoms with Crippen LogP contribution in [0.1, 0.15) is 15.9 Å². The fourth-order valence-electron chi connectivity index (χ4n) is 3.74. The molecule has 0 aliphatic carbocycles. The second-order valence-electron chi connectivity index (χ2n) is 7.63. The van der Waals surface area contributed by atoms with Gasteiger partial charge in [-0.2, -0.15) is 0 Å². The van der Waals surface area contributed by atoms with Gasteiger partial charge in [0.15, 0.2) is 0 Å². The highest BCUT2D eigenvalue weighted by Gasteiger charge is 2.18. The molecule has 4 rings (SSSR count). The Hall–Kier alpha value is -3.98. The number of carbonyl (C=O) groups excluding carboxylic acids is 1. The van der Waals surface area contributed by atoms with E-state index in [4.69, 9.17) is 5.73 Å². The molecular formula is C23H24N6O3. The van der Waals surface area contributed by atoms with Crippen LogP contribution in [-0.2, 0) is 6.54 Å². The quantitative estimate of drug-likeness (QED) is 0.435. The molecular weight excluding hydrogens is 408 g/mol. The molecule has 3 N–H and O–H groups in total. The molecule has 0 bridgehead atoms. The number of piperazine rings is 1. The van der Waals surface area contributed by atoms with Crippen molar-refractivity contribution in [2.75, 3.05) is 36.4 Å². The van der Waals surface area contributed by atoms with Gasteiger partial charge in [0.2, 0.25) is 0 Å². The van der Waals surface area contributed by atoms with E-state index >= 15 is 0 Å². The number of nitrogens with zero attached hydrogens (tertiary/aromatic N) is 4. The van der Waals surface area contributed by atoms with Crippen LogP contribution < -0.4 is 16.0 Å². The molecule has 1 amide bonds. The third-order valence-electron chi connectivity index (χ3n) is 5.47. The van der Waals surface area contributed by atoms with Gasteiger partial charge in [-0.3, -0.25) is 19.8 Å². The van der Waals surface area contributed by atoms with Crippen molar-refractivity contribution in [3.63, 3.8) is 0 Å². The van der Waals surface area contributed by atoms with Crippen molar-refractivity contribution >= 4 is 28.8 Å². The maximum atomic E-state index is 11.7. The van der Waals surface area contributed by atoms with E-state index in [0.717, 1.165) is 50.7 Å². The normalized spacial score (nSPS) is 14.2. The summed E-state index contributed by atoms with van der Waals surface area (Å²) in [6, 6.07) is 19.4. The number of pyridine rings is 1. The molecule has 1 saturated heterocycles. The lowest BCUT2D eigenvalue weighted by Crippen LogP contribution is -2.45. The van der Waals surface area contributed by atoms with Crippen molar-refractivity contribution in [2.24, 2.45) is 5.73 Å². The number of nitro groups is 1. The second kappa shape index (κ2) is 9.44. The molecule has 0 saturated carbocycles. The van der Waals surface area contributed by atoms with Crippen LogP contribution in [0.15, 0.2) is 66.9 Å². The van der Waals surface area contributed by atoms with E-state index in [1.165, 1.54) is 5.56 Å². The number of hydrogen-bond donors (Lipinski definition) is 2. The summed E-state index contributed by atoms with van der Waals surface area (Å²) in [6.07, 6.45) is 1.10. The summed E-state index contributed by atoms with van der Waals surface area (Å²) in [7, 11) is 0. The number of carbonyl (C=O) groups is 1. The minimum absolute atomic E-state index is 0.0298. The van der Waals surface area contributed by atoms with E-state index < -0.39 is 10.8 Å². The number of hydrogen-bond acceptors (Lipinski definition) is 7. The van der Waals surface area contributed by atoms with Gasteiger partial charge in [-0.05, 0) is 29.8 Å². The van der Waals surface area contributed by atoms with Gasteiger partial charge in [-0.25, -0.2) is 4.98 Å². The first-order valence-electron chi connectivity index (χ1n) is 10.3. The fourth-order valence-corrected chi connectivity index (χ4v) is 3.74. The molecule has 1 fully saturated rings. The monoisotopic (exact) mass is 432 g/mol. The minimum atomic E-state index is -0.784. The van der Waals surface area contributed by atoms with Crippen LogP contribution in [-0.4, -0.2) is 46.9 Å². The van der Waals surface area contributed by atoms with Gasteiger partial charge in [-0.15, -0.1) is 0 Å². The number of amides is 1. The van der Waals surface area contributed by atoms with Crippen molar-refractivity contribution in [1.82, 2.24) is 9.88 Å². The average molecular weight is 432 g/mol. The second-order valence-corrected chi connectivity index (χ2v) is 7.63. The van der Waals surface area contributed by atoms with Crippen LogP contribution in [0, 0.1) is 10.1 Å². The number of primary amides is 1. The zero-order valence-corrected chi connectivity index (χ0v) is 17.5. The molecule has 1 aliphatic rings. The molecule has 9 nitrogen and oxygen atoms in total. The Bertz CT molecular complexity index is 1100. The summed E-state index contributed by atoms with van der Waals surface area (Å²) in [5.41, 5.74) is 8.20. The zero-order valence-electron chi connectivity index (χ0n) is 17.5. The molecule has 0 unspecified atom stereocenters. The van der Waals surface area contributed by atoms with E-state index in [-0.39, 0.29) is 17.1 Å². The summed E-state index contributed by atoms with van der Waals surface area (Å²) in [5.74, 6) is -0.598. The van der Waals surface area contributed by atoms with Crippen LogP contribution in [0.4, 0.5) is 22.9 Å². The Balaban J connectivity index is 1.38. The van der Waals surface area contributed by atoms with Gasteiger partial charge in [0.1, 0.15) is 12.0 Å². The van der Waals surface area contributed by atoms with Gasteiger partial charge >= 0.3 is 0 Å². The van der Waals surface area contributed by atoms with Gasteiger partial charge in [-0.1, -0.05) is 30.3 Å². The van der Waals surface area contributed by atoms with E-state index in [9.17, 15) is 14.9 Å². The molecule has 3 aromatic rings. The Morgan fingerprint density at radius 3 is 2.38 bits per heavy atom. The molecule has 9 heteroatoms. The number of benzene rings is 2. The first kappa shape index (κ1) is 21.3. The van der Waals surface area contributed by atoms with Gasteiger partial charge in [0.25, 0.3) is 11.6 Å². The highest BCUT2D eigenvalue weighted by Crippen LogP contribution is 2.25. The van der Waals surface area contributed by atoms with Gasteiger partial charge < -0.3 is 16.0 Å². The molecule has 2 heterocycles. The van der Waals surface area contributed by atoms with Crippen LogP contribution in [0.25, 0.3) is 0 Å². The molecule has 32 heavy (non-hydrogen) atoms. The topological polar surface area (TPSA) is 118 Å². The third kappa shape index (κ3) is 5.01. The van der Waals surface area contributed by atoms with Crippen molar-refractivity contribution in [2.45, 2.75) is 6.54 Å². The molecule has 2 aromatic carbocycles. The van der Waals surface area contributed by atoms with E-state index in [0.29, 0.717) is 5.69 Å². The summed E-state index contributed by atoms with van der Waals surface area (Å²) in [5, 5.41) is 14.0. The highest BCUT2D eigenvalue weighted by atomic mass is 16.6. The van der Waals surface area contributed by atoms with Crippen molar-refractivity contribution in [3.8, 4) is 0 Å². The van der Waals surface area contributed by atoms with E-state index in [1.807, 2.05) is 30.3 Å². The maximum Gasteiger partial charge on any atom is 0.288 e. The van der Waals surface area contributed by atoms with Gasteiger partial charge in [0.05, 0.1) is 10.5 Å². The smallest absolute Gasteiger partial charge is 0.288 e. The van der Waals surface area contributed by atoms with Gasteiger partial charge in [0, 0.05) is 50.2 Å². The first-order chi connectivity index (χ1) is 15.5. The van der Waals surface area contributed by atoms with Crippen LogP contribution in [0.3, 0.4) is 0 Å². The third-order valence-corrected chi connectivity index (χ3v) is 5.47. The summed E-state index contributed by atoms with van der Waals surface area (Å²) in [6.45, 7) is 4.82.